The van der Waals surface area contributed by atoms with Crippen LogP contribution in [0.15, 0.2) is 83.7 Å². The smallest absolute Gasteiger partial charge is 0.335 e. The van der Waals surface area contributed by atoms with E-state index in [-0.39, 0.29) is 23.5 Å². The molecule has 170 valence electrons. The summed E-state index contributed by atoms with van der Waals surface area (Å²) in [7, 11) is 1.83. The van der Waals surface area contributed by atoms with Crippen LogP contribution in [0.2, 0.25) is 0 Å². The third-order valence-electron chi connectivity index (χ3n) is 5.64. The molecule has 1 aliphatic rings. The summed E-state index contributed by atoms with van der Waals surface area (Å²) < 4.78 is 3.10. The van der Waals surface area contributed by atoms with Crippen LogP contribution in [-0.2, 0) is 0 Å². The van der Waals surface area contributed by atoms with Crippen molar-refractivity contribution in [2.75, 3.05) is 18.1 Å². The van der Waals surface area contributed by atoms with Gasteiger partial charge < -0.3 is 16.4 Å². The van der Waals surface area contributed by atoms with Crippen molar-refractivity contribution in [3.63, 3.8) is 0 Å². The van der Waals surface area contributed by atoms with Gasteiger partial charge in [-0.2, -0.15) is 0 Å². The second kappa shape index (κ2) is 8.66. The summed E-state index contributed by atoms with van der Waals surface area (Å²) in [5.41, 5.74) is 8.65. The van der Waals surface area contributed by atoms with E-state index in [9.17, 15) is 9.59 Å². The lowest BCUT2D eigenvalue weighted by Gasteiger charge is -2.17. The lowest BCUT2D eigenvalue weighted by Crippen LogP contribution is -2.27. The highest BCUT2D eigenvalue weighted by Gasteiger charge is 2.24. The average Bonchev–Trinajstić information content (AvgIpc) is 3.17. The van der Waals surface area contributed by atoms with E-state index in [0.29, 0.717) is 34.7 Å². The van der Waals surface area contributed by atoms with E-state index < -0.39 is 0 Å². The van der Waals surface area contributed by atoms with Crippen LogP contribution in [0.25, 0.3) is 16.9 Å². The number of imidazole rings is 1. The molecule has 0 aliphatic heterocycles. The maximum Gasteiger partial charge on any atom is 0.335 e. The maximum atomic E-state index is 13.6. The van der Waals surface area contributed by atoms with Gasteiger partial charge in [-0.1, -0.05) is 12.1 Å². The molecule has 1 aliphatic carbocycles. The van der Waals surface area contributed by atoms with Gasteiger partial charge in [0.05, 0.1) is 11.7 Å². The monoisotopic (exact) mass is 454 g/mol. The van der Waals surface area contributed by atoms with E-state index in [1.807, 2.05) is 25.3 Å². The van der Waals surface area contributed by atoms with Crippen LogP contribution in [0, 0.1) is 0 Å². The lowest BCUT2D eigenvalue weighted by molar-refractivity contribution is 0.102. The minimum atomic E-state index is -0.304. The van der Waals surface area contributed by atoms with Gasteiger partial charge >= 0.3 is 5.69 Å². The van der Waals surface area contributed by atoms with E-state index in [1.165, 1.54) is 10.9 Å². The number of aromatic nitrogens is 5. The van der Waals surface area contributed by atoms with Crippen LogP contribution in [0.3, 0.4) is 0 Å². The predicted octanol–water partition coefficient (Wildman–Crippen LogP) is 2.42. The molecule has 10 heteroatoms. The summed E-state index contributed by atoms with van der Waals surface area (Å²) in [6.45, 7) is 0. The Hall–Kier alpha value is -4.73. The number of pyridine rings is 1. The van der Waals surface area contributed by atoms with Crippen LogP contribution >= 0.6 is 0 Å². The van der Waals surface area contributed by atoms with Crippen molar-refractivity contribution in [2.24, 2.45) is 0 Å². The van der Waals surface area contributed by atoms with Gasteiger partial charge in [0.2, 0.25) is 0 Å². The Labute approximate surface area is 194 Å². The SMILES string of the molecule is CNC1=CC(n2c(=O)n(-c3ccc(C(=O)Nc4ccccn4)cc3)c3c(N)ncnc32)CC=C1. The van der Waals surface area contributed by atoms with E-state index in [1.54, 1.807) is 53.2 Å². The van der Waals surface area contributed by atoms with E-state index in [2.05, 4.69) is 25.6 Å². The number of nitrogen functional groups attached to an aromatic ring is 1. The first-order valence-electron chi connectivity index (χ1n) is 10.7. The molecule has 34 heavy (non-hydrogen) atoms. The molecule has 0 saturated carbocycles. The van der Waals surface area contributed by atoms with Gasteiger partial charge in [-0.25, -0.2) is 19.7 Å². The highest BCUT2D eigenvalue weighted by molar-refractivity contribution is 6.03. The Balaban J connectivity index is 1.56. The van der Waals surface area contributed by atoms with Gasteiger partial charge in [-0.05, 0) is 55.0 Å². The summed E-state index contributed by atoms with van der Waals surface area (Å²) in [6.07, 6.45) is 9.55. The summed E-state index contributed by atoms with van der Waals surface area (Å²) in [5, 5.41) is 5.85. The number of amides is 1. The second-order valence-electron chi connectivity index (χ2n) is 7.71. The number of nitrogens with zero attached hydrogens (tertiary/aromatic N) is 5. The summed E-state index contributed by atoms with van der Waals surface area (Å²) in [5.74, 6) is 0.347. The number of carbonyl (C=O) groups is 1. The molecule has 1 atom stereocenters. The minimum absolute atomic E-state index is 0.196. The Morgan fingerprint density at radius 3 is 2.68 bits per heavy atom. The number of fused-ring (bicyclic) bond motifs is 1. The third kappa shape index (κ3) is 3.71. The maximum absolute atomic E-state index is 13.6. The van der Waals surface area contributed by atoms with E-state index in [0.717, 1.165) is 5.70 Å². The molecule has 5 rings (SSSR count). The van der Waals surface area contributed by atoms with Gasteiger partial charge in [0.15, 0.2) is 11.5 Å². The zero-order valence-electron chi connectivity index (χ0n) is 18.3. The Bertz CT molecular complexity index is 1480. The third-order valence-corrected chi connectivity index (χ3v) is 5.64. The van der Waals surface area contributed by atoms with E-state index >= 15 is 0 Å². The molecule has 0 bridgehead atoms. The molecule has 0 fully saturated rings. The summed E-state index contributed by atoms with van der Waals surface area (Å²) in [4.78, 5) is 38.8. The molecule has 4 aromatic rings. The number of anilines is 2. The standard InChI is InChI=1S/C24H22N8O2/c1-26-16-5-4-6-18(13-16)32-22-20(21(25)28-14-29-22)31(24(32)34)17-10-8-15(9-11-17)23(33)30-19-7-2-3-12-27-19/h2-5,7-14,18,26H,6H2,1H3,(H2,25,28,29)(H,27,30,33). The zero-order valence-corrected chi connectivity index (χ0v) is 18.3. The van der Waals surface area contributed by atoms with Crippen molar-refractivity contribution < 1.29 is 4.79 Å². The number of benzene rings is 1. The van der Waals surface area contributed by atoms with Gasteiger partial charge in [0.25, 0.3) is 5.91 Å². The number of allylic oxidation sites excluding steroid dienone is 3. The van der Waals surface area contributed by atoms with Crippen LogP contribution in [0.4, 0.5) is 11.6 Å². The fourth-order valence-electron chi connectivity index (χ4n) is 4.00. The molecule has 1 aromatic carbocycles. The van der Waals surface area contributed by atoms with Crippen molar-refractivity contribution in [2.45, 2.75) is 12.5 Å². The zero-order chi connectivity index (χ0) is 23.7. The molecule has 0 saturated heterocycles. The van der Waals surface area contributed by atoms with Crippen LogP contribution in [-0.4, -0.2) is 37.0 Å². The van der Waals surface area contributed by atoms with Crippen LogP contribution in [0.1, 0.15) is 22.8 Å². The molecule has 0 radical (unpaired) electrons. The summed E-state index contributed by atoms with van der Waals surface area (Å²) >= 11 is 0. The first kappa shape index (κ1) is 21.1. The van der Waals surface area contributed by atoms with Crippen molar-refractivity contribution in [3.8, 4) is 5.69 Å². The highest BCUT2D eigenvalue weighted by Crippen LogP contribution is 2.27. The molecular weight excluding hydrogens is 432 g/mol. The molecule has 3 heterocycles. The Kier molecular flexibility index (Phi) is 5.38. The number of hydrogen-bond acceptors (Lipinski definition) is 7. The number of hydrogen-bond donors (Lipinski definition) is 3. The fourth-order valence-corrected chi connectivity index (χ4v) is 4.00. The number of likely N-dealkylation sites (N-methyl/N-ethyl adjacent to an activating group) is 1. The van der Waals surface area contributed by atoms with Crippen LogP contribution < -0.4 is 22.1 Å². The van der Waals surface area contributed by atoms with Gasteiger partial charge in [-0.3, -0.25) is 13.9 Å². The Morgan fingerprint density at radius 2 is 1.94 bits per heavy atom. The fraction of sp³-hybridized carbons (Fsp3) is 0.125. The molecule has 1 unspecified atom stereocenters. The van der Waals surface area contributed by atoms with Crippen molar-refractivity contribution in [3.05, 3.63) is 95.0 Å². The molecule has 1 amide bonds. The van der Waals surface area contributed by atoms with Crippen molar-refractivity contribution >= 4 is 28.7 Å². The first-order chi connectivity index (χ1) is 16.6. The number of nitrogens with two attached hydrogens (primary N) is 1. The minimum Gasteiger partial charge on any atom is -0.388 e. The number of carbonyl (C=O) groups excluding carboxylic acids is 1. The van der Waals surface area contributed by atoms with Crippen molar-refractivity contribution in [1.82, 2.24) is 29.4 Å². The molecule has 4 N–H and O–H groups in total. The molecule has 10 nitrogen and oxygen atoms in total. The van der Waals surface area contributed by atoms with Gasteiger partial charge in [0.1, 0.15) is 17.7 Å². The quantitative estimate of drug-likeness (QED) is 0.422. The topological polar surface area (TPSA) is 133 Å². The predicted molar refractivity (Wildman–Crippen MR) is 130 cm³/mol. The van der Waals surface area contributed by atoms with Crippen molar-refractivity contribution in [1.29, 1.82) is 0 Å². The number of nitrogens with one attached hydrogen (secondary N) is 2. The van der Waals surface area contributed by atoms with Crippen LogP contribution in [0.5, 0.6) is 0 Å². The van der Waals surface area contributed by atoms with Gasteiger partial charge in [-0.15, -0.1) is 0 Å². The highest BCUT2D eigenvalue weighted by atomic mass is 16.2. The second-order valence-corrected chi connectivity index (χ2v) is 7.71. The average molecular weight is 454 g/mol. The normalized spacial score (nSPS) is 15.2. The molecule has 0 spiro atoms. The summed E-state index contributed by atoms with van der Waals surface area (Å²) in [6, 6.07) is 11.7. The lowest BCUT2D eigenvalue weighted by atomic mass is 10.1. The largest absolute Gasteiger partial charge is 0.388 e. The number of rotatable bonds is 5. The van der Waals surface area contributed by atoms with E-state index in [4.69, 9.17) is 5.73 Å². The Morgan fingerprint density at radius 1 is 1.12 bits per heavy atom. The first-order valence-corrected chi connectivity index (χ1v) is 10.7. The van der Waals surface area contributed by atoms with Gasteiger partial charge in [0, 0.05) is 24.5 Å². The molecule has 3 aromatic heterocycles. The molecular formula is C24H22N8O2.